The van der Waals surface area contributed by atoms with Crippen molar-refractivity contribution in [2.24, 2.45) is 28.1 Å². The van der Waals surface area contributed by atoms with Gasteiger partial charge in [-0.3, -0.25) is 48.1 Å². The van der Waals surface area contributed by atoms with Gasteiger partial charge in [0, 0.05) is 55.7 Å². The van der Waals surface area contributed by atoms with E-state index in [1.54, 1.807) is 30.3 Å². The molecule has 0 bridgehead atoms. The highest BCUT2D eigenvalue weighted by Gasteiger charge is 2.40. The van der Waals surface area contributed by atoms with E-state index in [1.165, 1.54) is 48.6 Å². The number of H-pyrrole nitrogens is 1. The Kier molecular flexibility index (Phi) is 26.7. The minimum Gasteiger partial charge on any atom is -0.508 e. The molecule has 0 saturated carbocycles. The largest absolute Gasteiger partial charge is 0.508 e. The minimum atomic E-state index is -1.43. The average Bonchev–Trinajstić information content (AvgIpc) is 4.17. The van der Waals surface area contributed by atoms with E-state index in [9.17, 15) is 58.2 Å². The Morgan fingerprint density at radius 2 is 1.32 bits per heavy atom. The van der Waals surface area contributed by atoms with Gasteiger partial charge >= 0.3 is 5.97 Å². The van der Waals surface area contributed by atoms with Crippen LogP contribution in [0.5, 0.6) is 5.75 Å². The molecule has 1 saturated heterocycles. The Labute approximate surface area is 479 Å². The highest BCUT2D eigenvalue weighted by Crippen LogP contribution is 2.21. The Balaban J connectivity index is 1.48. The fourth-order valence-electron chi connectivity index (χ4n) is 8.50. The number of carbonyl (C=O) groups excluding carboxylic acids is 9. The molecule has 442 valence electrons. The van der Waals surface area contributed by atoms with Crippen LogP contribution in [0, 0.1) is 5.92 Å². The lowest BCUT2D eigenvalue weighted by Crippen LogP contribution is -2.60. The number of rotatable bonds is 32. The number of imidazole rings is 1. The van der Waals surface area contributed by atoms with Crippen LogP contribution in [0.25, 0.3) is 0 Å². The first kappa shape index (κ1) is 65.6. The molecule has 1 fully saturated rings. The van der Waals surface area contributed by atoms with Crippen LogP contribution in [0.4, 0.5) is 0 Å². The summed E-state index contributed by atoms with van der Waals surface area (Å²) in [6.07, 6.45) is 3.36. The molecule has 29 heteroatoms. The monoisotopic (exact) mass is 1170 g/mol. The summed E-state index contributed by atoms with van der Waals surface area (Å²) in [7, 11) is 0. The summed E-state index contributed by atoms with van der Waals surface area (Å²) >= 11 is 8.25. The van der Waals surface area contributed by atoms with Gasteiger partial charge in [-0.25, -0.2) is 9.78 Å². The lowest BCUT2D eigenvalue weighted by atomic mass is 10.0. The van der Waals surface area contributed by atoms with Crippen molar-refractivity contribution < 1.29 is 58.2 Å². The van der Waals surface area contributed by atoms with Crippen molar-refractivity contribution in [2.45, 2.75) is 127 Å². The van der Waals surface area contributed by atoms with Crippen molar-refractivity contribution in [1.29, 1.82) is 0 Å². The number of carboxylic acid groups (broad SMARTS) is 1. The molecule has 1 aliphatic heterocycles. The van der Waals surface area contributed by atoms with E-state index in [1.807, 2.05) is 13.8 Å². The van der Waals surface area contributed by atoms with Gasteiger partial charge in [0.2, 0.25) is 53.2 Å². The van der Waals surface area contributed by atoms with E-state index < -0.39 is 120 Å². The highest BCUT2D eigenvalue weighted by molar-refractivity contribution is 7.80. The van der Waals surface area contributed by atoms with Gasteiger partial charge in [-0.2, -0.15) is 25.3 Å². The number of amides is 9. The van der Waals surface area contributed by atoms with Crippen LogP contribution in [0.15, 0.2) is 72.1 Å². The zero-order valence-electron chi connectivity index (χ0n) is 45.3. The van der Waals surface area contributed by atoms with Gasteiger partial charge in [0.05, 0.1) is 18.9 Å². The number of aromatic amines is 1. The number of nitrogens with two attached hydrogens (primary N) is 3. The van der Waals surface area contributed by atoms with E-state index >= 15 is 0 Å². The number of thiol groups is 2. The van der Waals surface area contributed by atoms with Crippen LogP contribution >= 0.6 is 25.3 Å². The average molecular weight is 1170 g/mol. The number of aliphatic carboxylic acids is 1. The van der Waals surface area contributed by atoms with Crippen molar-refractivity contribution in [3.63, 3.8) is 0 Å². The molecular weight excluding hydrogens is 1090 g/mol. The predicted molar refractivity (Wildman–Crippen MR) is 304 cm³/mol. The summed E-state index contributed by atoms with van der Waals surface area (Å²) in [5, 5.41) is 40.1. The number of phenolic OH excluding ortho intramolecular Hbond substituents is 1. The lowest BCUT2D eigenvalue weighted by molar-refractivity contribution is -0.142. The van der Waals surface area contributed by atoms with E-state index in [4.69, 9.17) is 17.2 Å². The summed E-state index contributed by atoms with van der Waals surface area (Å²) in [5.74, 6) is -8.65. The van der Waals surface area contributed by atoms with Crippen molar-refractivity contribution in [3.8, 4) is 5.75 Å². The Morgan fingerprint density at radius 3 is 1.94 bits per heavy atom. The first-order chi connectivity index (χ1) is 38.5. The first-order valence-electron chi connectivity index (χ1n) is 26.2. The number of hydrogen-bond donors (Lipinski definition) is 16. The van der Waals surface area contributed by atoms with E-state index in [0.29, 0.717) is 23.2 Å². The maximum Gasteiger partial charge on any atom is 0.326 e. The van der Waals surface area contributed by atoms with Crippen molar-refractivity contribution in [1.82, 2.24) is 57.4 Å². The van der Waals surface area contributed by atoms with E-state index in [0.717, 1.165) is 0 Å². The van der Waals surface area contributed by atoms with Gasteiger partial charge < -0.3 is 79.8 Å². The molecule has 9 atom stereocenters. The molecule has 9 amide bonds. The predicted octanol–water partition coefficient (Wildman–Crippen LogP) is -2.96. The van der Waals surface area contributed by atoms with Gasteiger partial charge in [-0.1, -0.05) is 56.3 Å². The number of nitrogens with one attached hydrogen (secondary N) is 9. The summed E-state index contributed by atoms with van der Waals surface area (Å²) < 4.78 is 0. The Hall–Kier alpha value is -7.92. The summed E-state index contributed by atoms with van der Waals surface area (Å²) in [5.41, 5.74) is 18.3. The number of guanidine groups is 1. The quantitative estimate of drug-likeness (QED) is 0.0129. The molecule has 27 nitrogen and oxygen atoms in total. The zero-order valence-corrected chi connectivity index (χ0v) is 47.1. The van der Waals surface area contributed by atoms with Crippen molar-refractivity contribution >= 4 is 90.4 Å². The number of hydrogen-bond acceptors (Lipinski definition) is 16. The SMILES string of the molecule is CC(C)C[C@H](NC(=O)[C@@H](N)CS)C(=O)NCC(=O)N[C@@H](CCCN=C(N)N)C(=O)N1CCC[C@H]1C(=O)N[C@@H](Cc1ccccc1)C(=O)N[C@@H](C)C(=O)N[C@@H](Cc1cnc[nH]1)C(=O)N[C@@H](CS)C(=O)N[C@@H](Cc1ccc(O)cc1)C(=O)O. The molecule has 81 heavy (non-hydrogen) atoms. The first-order valence-corrected chi connectivity index (χ1v) is 27.5. The number of aliphatic imine (C=N–C) groups is 1. The fourth-order valence-corrected chi connectivity index (χ4v) is 8.92. The van der Waals surface area contributed by atoms with Gasteiger partial charge in [0.25, 0.3) is 0 Å². The van der Waals surface area contributed by atoms with Crippen LogP contribution in [0.2, 0.25) is 0 Å². The Bertz CT molecular complexity index is 2650. The number of likely N-dealkylation sites (tertiary alicyclic amines) is 1. The third-order valence-electron chi connectivity index (χ3n) is 12.8. The minimum absolute atomic E-state index is 0.0124. The van der Waals surface area contributed by atoms with E-state index in [2.05, 4.69) is 82.8 Å². The standard InChI is InChI=1S/C52H75N15O12S2/c1-28(2)19-36(63-44(71)34(53)25-80)45(72)58-24-42(69)61-35(11-7-17-57-52(54)55)50(77)67-18-8-12-41(67)49(76)64-37(20-30-9-5-4-6-10-30)46(73)60-29(3)43(70)62-38(22-32-23-56-27-59-32)47(74)66-40(26-81)48(75)65-39(51(78)79)21-31-13-15-33(68)16-14-31/h4-6,9-10,13-16,23,27-29,34-41,68,80-81H,7-8,11-12,17-22,24-26,53H2,1-3H3,(H,56,59)(H,58,72)(H,60,73)(H,61,69)(H,62,70)(H,63,71)(H,64,76)(H,65,75)(H,66,74)(H,78,79)(H4,54,55,57)/t29-,34-,35-,36-,37-,38-,39-,40-,41-/m0/s1. The molecule has 1 aromatic heterocycles. The van der Waals surface area contributed by atoms with Gasteiger partial charge in [0.15, 0.2) is 5.96 Å². The van der Waals surface area contributed by atoms with Crippen LogP contribution in [-0.4, -0.2) is 176 Å². The molecule has 2 aromatic carbocycles. The molecule has 0 radical (unpaired) electrons. The van der Waals surface area contributed by atoms with E-state index in [-0.39, 0.29) is 87.2 Å². The third kappa shape index (κ3) is 21.9. The molecule has 17 N–H and O–H groups in total. The molecule has 3 aromatic rings. The molecule has 4 rings (SSSR count). The summed E-state index contributed by atoms with van der Waals surface area (Å²) in [6.45, 7) is 4.64. The van der Waals surface area contributed by atoms with Gasteiger partial charge in [0.1, 0.15) is 54.1 Å². The van der Waals surface area contributed by atoms with Gasteiger partial charge in [-0.05, 0) is 68.2 Å². The Morgan fingerprint density at radius 1 is 0.716 bits per heavy atom. The van der Waals surface area contributed by atoms with Gasteiger partial charge in [-0.15, -0.1) is 0 Å². The second kappa shape index (κ2) is 33.0. The number of nitrogens with zero attached hydrogens (tertiary/aromatic N) is 3. The summed E-state index contributed by atoms with van der Waals surface area (Å²) in [4.78, 5) is 148. The highest BCUT2D eigenvalue weighted by atomic mass is 32.1. The van der Waals surface area contributed by atoms with Crippen molar-refractivity contribution in [2.75, 3.05) is 31.1 Å². The molecular formula is C52H75N15O12S2. The van der Waals surface area contributed by atoms with Crippen LogP contribution in [-0.2, 0) is 67.2 Å². The maximum absolute atomic E-state index is 14.4. The number of carboxylic acids is 1. The summed E-state index contributed by atoms with van der Waals surface area (Å²) in [6, 6.07) is 3.14. The van der Waals surface area contributed by atoms with Crippen LogP contribution < -0.4 is 59.7 Å². The molecule has 0 spiro atoms. The van der Waals surface area contributed by atoms with Crippen LogP contribution in [0.3, 0.4) is 0 Å². The van der Waals surface area contributed by atoms with Crippen LogP contribution in [0.1, 0.15) is 69.7 Å². The third-order valence-corrected chi connectivity index (χ3v) is 13.6. The number of phenols is 1. The number of aromatic hydroxyl groups is 1. The fraction of sp³-hybridized carbons (Fsp3) is 0.500. The topological polar surface area (TPSA) is 430 Å². The molecule has 2 heterocycles. The molecule has 1 aliphatic rings. The molecule has 0 aliphatic carbocycles. The lowest BCUT2D eigenvalue weighted by Gasteiger charge is -2.30. The maximum atomic E-state index is 14.4. The smallest absolute Gasteiger partial charge is 0.326 e. The normalized spacial score (nSPS) is 15.9. The zero-order chi connectivity index (χ0) is 59.8. The number of benzene rings is 2. The second-order valence-corrected chi connectivity index (χ2v) is 20.5. The number of aromatic nitrogens is 2. The number of carbonyl (C=O) groups is 10. The van der Waals surface area contributed by atoms with Crippen molar-refractivity contribution in [3.05, 3.63) is 83.9 Å². The molecule has 0 unspecified atom stereocenters. The second-order valence-electron chi connectivity index (χ2n) is 19.8.